The van der Waals surface area contributed by atoms with Crippen LogP contribution in [0.15, 0.2) is 122 Å². The van der Waals surface area contributed by atoms with Gasteiger partial charge in [-0.15, -0.1) is 0 Å². The van der Waals surface area contributed by atoms with Gasteiger partial charge >= 0.3 is 5.97 Å². The van der Waals surface area contributed by atoms with Crippen molar-refractivity contribution in [2.24, 2.45) is 0 Å². The number of aromatic nitrogens is 2. The van der Waals surface area contributed by atoms with E-state index in [0.29, 0.717) is 118 Å². The number of carbonyl (C=O) groups excluding carboxylic acids is 1. The first kappa shape index (κ1) is 55.0. The number of esters is 1. The lowest BCUT2D eigenvalue weighted by molar-refractivity contribution is -0.0103. The van der Waals surface area contributed by atoms with Crippen molar-refractivity contribution < 1.29 is 61.3 Å². The van der Waals surface area contributed by atoms with Gasteiger partial charge in [0.05, 0.1) is 84.3 Å². The molecule has 0 aliphatic rings. The molecule has 19 heteroatoms. The molecule has 1 atom stereocenters. The molecule has 0 unspecified atom stereocenters. The number of pyridine rings is 2. The minimum atomic E-state index is -0.791. The number of halogens is 3. The van der Waals surface area contributed by atoms with Crippen LogP contribution in [0.4, 0.5) is 26.0 Å². The number of hydrogen-bond acceptors (Lipinski definition) is 16. The van der Waals surface area contributed by atoms with E-state index in [0.717, 1.165) is 38.7 Å². The number of aliphatic hydroxyl groups is 1. The Morgan fingerprint density at radius 2 is 1.24 bits per heavy atom. The van der Waals surface area contributed by atoms with Gasteiger partial charge in [0.1, 0.15) is 49.1 Å². The zero-order chi connectivity index (χ0) is 51.7. The van der Waals surface area contributed by atoms with Crippen molar-refractivity contribution >= 4 is 56.4 Å². The molecule has 16 nitrogen and oxygen atoms in total. The van der Waals surface area contributed by atoms with Crippen LogP contribution in [0, 0.1) is 11.6 Å². The third-order valence-corrected chi connectivity index (χ3v) is 11.2. The van der Waals surface area contributed by atoms with Crippen LogP contribution in [0.3, 0.4) is 0 Å². The largest absolute Gasteiger partial charge is 0.491 e. The van der Waals surface area contributed by atoms with E-state index in [9.17, 15) is 18.7 Å². The van der Waals surface area contributed by atoms with Crippen molar-refractivity contribution in [2.75, 3.05) is 110 Å². The highest BCUT2D eigenvalue weighted by Gasteiger charge is 2.15. The molecule has 0 bridgehead atoms. The number of benzene rings is 5. The van der Waals surface area contributed by atoms with Gasteiger partial charge in [-0.05, 0) is 83.9 Å². The summed E-state index contributed by atoms with van der Waals surface area (Å²) < 4.78 is 77.6. The molecule has 2 heterocycles. The first-order valence-corrected chi connectivity index (χ1v) is 24.4. The van der Waals surface area contributed by atoms with Gasteiger partial charge in [-0.2, -0.15) is 0 Å². The van der Waals surface area contributed by atoms with E-state index in [1.165, 1.54) is 31.4 Å². The lowest BCUT2D eigenvalue weighted by Gasteiger charge is -2.17. The zero-order valence-electron chi connectivity index (χ0n) is 41.0. The van der Waals surface area contributed by atoms with Gasteiger partial charge in [0.15, 0.2) is 11.5 Å². The molecule has 2 aromatic heterocycles. The van der Waals surface area contributed by atoms with E-state index in [2.05, 4.69) is 20.9 Å². The number of aliphatic hydroxyl groups excluding tert-OH is 1. The van der Waals surface area contributed by atoms with E-state index >= 15 is 0 Å². The molecule has 0 aliphatic carbocycles. The Balaban J connectivity index is 0.675. The molecule has 4 N–H and O–H groups in total. The molecule has 7 rings (SSSR count). The summed E-state index contributed by atoms with van der Waals surface area (Å²) in [7, 11) is 1.34. The molecule has 392 valence electrons. The van der Waals surface area contributed by atoms with Gasteiger partial charge in [0, 0.05) is 70.7 Å². The summed E-state index contributed by atoms with van der Waals surface area (Å²) >= 11 is 6.50. The van der Waals surface area contributed by atoms with Gasteiger partial charge in [-0.25, -0.2) is 18.6 Å². The van der Waals surface area contributed by atoms with Gasteiger partial charge < -0.3 is 63.7 Å². The molecule has 7 aromatic rings. The fourth-order valence-electron chi connectivity index (χ4n) is 7.30. The molecule has 0 radical (unpaired) electrons. The second-order valence-electron chi connectivity index (χ2n) is 16.6. The van der Waals surface area contributed by atoms with Crippen molar-refractivity contribution in [3.05, 3.63) is 155 Å². The Kier molecular flexibility index (Phi) is 22.2. The van der Waals surface area contributed by atoms with Crippen LogP contribution in [0.25, 0.3) is 21.7 Å². The smallest absolute Gasteiger partial charge is 0.337 e. The maximum atomic E-state index is 13.4. The summed E-state index contributed by atoms with van der Waals surface area (Å²) in [4.78, 5) is 21.3. The third-order valence-electron chi connectivity index (χ3n) is 11.0. The van der Waals surface area contributed by atoms with Crippen LogP contribution in [0.2, 0.25) is 5.02 Å². The fourth-order valence-corrected chi connectivity index (χ4v) is 7.53. The maximum Gasteiger partial charge on any atom is 0.337 e. The zero-order valence-corrected chi connectivity index (χ0v) is 41.8. The second-order valence-corrected chi connectivity index (χ2v) is 17.0. The molecule has 0 amide bonds. The summed E-state index contributed by atoms with van der Waals surface area (Å²) in [5, 5.41) is 23.5. The average molecular weight is 1040 g/mol. The highest BCUT2D eigenvalue weighted by Crippen LogP contribution is 2.34. The molecular formula is C55H60ClF2N5O11. The summed E-state index contributed by atoms with van der Waals surface area (Å²) in [6.45, 7) is 6.05. The number of anilines is 3. The molecular weight excluding hydrogens is 980 g/mol. The number of nitrogens with zero attached hydrogens (tertiary/aromatic N) is 2. The minimum Gasteiger partial charge on any atom is -0.491 e. The van der Waals surface area contributed by atoms with E-state index < -0.39 is 12.1 Å². The summed E-state index contributed by atoms with van der Waals surface area (Å²) in [6, 6.07) is 29.8. The summed E-state index contributed by atoms with van der Waals surface area (Å²) in [5.41, 5.74) is 4.09. The highest BCUT2D eigenvalue weighted by atomic mass is 35.5. The van der Waals surface area contributed by atoms with E-state index in [4.69, 9.17) is 59.2 Å². The van der Waals surface area contributed by atoms with Crippen LogP contribution < -0.4 is 30.2 Å². The van der Waals surface area contributed by atoms with E-state index in [1.807, 2.05) is 30.3 Å². The van der Waals surface area contributed by atoms with Crippen LogP contribution >= 0.6 is 11.6 Å². The van der Waals surface area contributed by atoms with Crippen LogP contribution in [-0.4, -0.2) is 127 Å². The predicted octanol–water partition coefficient (Wildman–Crippen LogP) is 8.93. The number of fused-ring (bicyclic) bond motifs is 3. The normalized spacial score (nSPS) is 11.7. The fraction of sp³-hybridized carbons (Fsp3) is 0.327. The van der Waals surface area contributed by atoms with E-state index in [1.54, 1.807) is 67.0 Å². The lowest BCUT2D eigenvalue weighted by Crippen LogP contribution is -2.33. The Morgan fingerprint density at radius 3 is 1.89 bits per heavy atom. The quantitative estimate of drug-likeness (QED) is 0.0174. The first-order valence-electron chi connectivity index (χ1n) is 24.1. The monoisotopic (exact) mass is 1040 g/mol. The highest BCUT2D eigenvalue weighted by molar-refractivity contribution is 6.31. The third kappa shape index (κ3) is 18.0. The molecule has 0 spiro atoms. The summed E-state index contributed by atoms with van der Waals surface area (Å²) in [6.07, 6.45) is 2.69. The van der Waals surface area contributed by atoms with Crippen LogP contribution in [-0.2, 0) is 41.6 Å². The second kappa shape index (κ2) is 29.8. The van der Waals surface area contributed by atoms with Crippen molar-refractivity contribution in [1.29, 1.82) is 0 Å². The Morgan fingerprint density at radius 1 is 0.635 bits per heavy atom. The molecule has 0 fully saturated rings. The Labute approximate surface area is 433 Å². The van der Waals surface area contributed by atoms with E-state index in [-0.39, 0.29) is 38.0 Å². The number of methoxy groups -OCH3 is 1. The summed E-state index contributed by atoms with van der Waals surface area (Å²) in [5.74, 6) is 0.779. The standard InChI is InChI=1S/C55H60ClF2N5O11/c1-66-55(65)40-6-12-48-50-34-59-15-14-49(50)54(63-51(48)28-40)62-45-30-41(56)29-44(31-45)61-17-19-68-21-23-70-25-27-71-26-24-69-22-20-67-18-16-60-33-46(64)37-72-47-11-13-52(73-35-38-2-7-42(57)8-3-38)53(32-47)74-36-39-4-9-43(58)10-5-39/h2-15,28-32,34,46,60-61,64H,16-27,33,35-37H2,1H3,(H,62,63)/t46-/m1/s1. The molecule has 0 saturated carbocycles. The Hall–Kier alpha value is -6.74. The van der Waals surface area contributed by atoms with Gasteiger partial charge in [-0.1, -0.05) is 41.9 Å². The number of nitrogens with one attached hydrogen (secondary N) is 3. The number of ether oxygens (including phenoxy) is 9. The van der Waals surface area contributed by atoms with Crippen molar-refractivity contribution in [2.45, 2.75) is 19.3 Å². The lowest BCUT2D eigenvalue weighted by atomic mass is 10.1. The van der Waals surface area contributed by atoms with Crippen molar-refractivity contribution in [3.8, 4) is 17.2 Å². The van der Waals surface area contributed by atoms with Gasteiger partial charge in [0.2, 0.25) is 0 Å². The molecule has 5 aromatic carbocycles. The molecule has 74 heavy (non-hydrogen) atoms. The van der Waals surface area contributed by atoms with Crippen LogP contribution in [0.5, 0.6) is 17.2 Å². The van der Waals surface area contributed by atoms with Gasteiger partial charge in [0.25, 0.3) is 0 Å². The average Bonchev–Trinajstić information content (AvgIpc) is 3.41. The van der Waals surface area contributed by atoms with Crippen molar-refractivity contribution in [3.63, 3.8) is 0 Å². The number of carbonyl (C=O) groups is 1. The SMILES string of the molecule is COC(=O)c1ccc2c(c1)nc(Nc1cc(Cl)cc(NCCOCCOCCOCCOCCOCCNC[C@@H](O)COc3ccc(OCc4ccc(F)cc4)c(OCc4ccc(F)cc4)c3)c1)c1ccncc12. The molecule has 0 saturated heterocycles. The minimum absolute atomic E-state index is 0.0269. The maximum absolute atomic E-state index is 13.4. The Bertz CT molecular complexity index is 2830. The first-order chi connectivity index (χ1) is 36.2. The van der Waals surface area contributed by atoms with Gasteiger partial charge in [-0.3, -0.25) is 4.98 Å². The van der Waals surface area contributed by atoms with Crippen molar-refractivity contribution in [1.82, 2.24) is 15.3 Å². The number of hydrogen-bond donors (Lipinski definition) is 4. The van der Waals surface area contributed by atoms with Crippen LogP contribution in [0.1, 0.15) is 21.5 Å². The number of rotatable bonds is 33. The molecule has 0 aliphatic heterocycles. The predicted molar refractivity (Wildman–Crippen MR) is 278 cm³/mol. The topological polar surface area (TPSA) is 182 Å².